The Kier molecular flexibility index (Phi) is 6.93. The molecular weight excluding hydrogens is 450 g/mol. The van der Waals surface area contributed by atoms with Gasteiger partial charge in [0.05, 0.1) is 11.4 Å². The molecule has 0 saturated heterocycles. The summed E-state index contributed by atoms with van der Waals surface area (Å²) in [7, 11) is -2.58. The molecular formula is C25H23N5O3S. The van der Waals surface area contributed by atoms with E-state index in [9.17, 15) is 13.2 Å². The minimum atomic E-state index is -2.58. The molecule has 34 heavy (non-hydrogen) atoms. The van der Waals surface area contributed by atoms with Gasteiger partial charge in [0.2, 0.25) is 5.95 Å². The summed E-state index contributed by atoms with van der Waals surface area (Å²) in [5.74, 6) is -0.00578. The number of aromatic nitrogens is 3. The van der Waals surface area contributed by atoms with Gasteiger partial charge in [-0.15, -0.1) is 0 Å². The van der Waals surface area contributed by atoms with Crippen LogP contribution in [0.3, 0.4) is 0 Å². The largest absolute Gasteiger partial charge is 0.324 e. The number of carbonyl (C=O) groups excluding carboxylic acids is 1. The molecule has 1 amide bonds. The van der Waals surface area contributed by atoms with Gasteiger partial charge in [-0.2, -0.15) is 0 Å². The summed E-state index contributed by atoms with van der Waals surface area (Å²) < 4.78 is 22.3. The molecule has 4 aromatic rings. The van der Waals surface area contributed by atoms with Crippen molar-refractivity contribution in [2.24, 2.45) is 0 Å². The first kappa shape index (κ1) is 23.1. The third-order valence-corrected chi connectivity index (χ3v) is 5.86. The normalized spacial score (nSPS) is 10.8. The molecule has 2 aromatic heterocycles. The van der Waals surface area contributed by atoms with Crippen molar-refractivity contribution in [3.63, 3.8) is 0 Å². The van der Waals surface area contributed by atoms with Crippen molar-refractivity contribution >= 4 is 33.9 Å². The molecule has 0 spiro atoms. The molecule has 0 unspecified atom stereocenters. The lowest BCUT2D eigenvalue weighted by molar-refractivity contribution is 0.102. The van der Waals surface area contributed by atoms with E-state index in [-0.39, 0.29) is 11.7 Å². The summed E-state index contributed by atoms with van der Waals surface area (Å²) in [5.41, 5.74) is 5.72. The van der Waals surface area contributed by atoms with Crippen LogP contribution in [0.4, 0.5) is 17.3 Å². The van der Waals surface area contributed by atoms with Crippen LogP contribution in [-0.2, 0) is 16.5 Å². The molecule has 0 atom stereocenters. The van der Waals surface area contributed by atoms with Crippen molar-refractivity contribution in [3.8, 4) is 11.3 Å². The summed E-state index contributed by atoms with van der Waals surface area (Å²) >= 11 is 0. The molecule has 4 rings (SSSR count). The Morgan fingerprint density at radius 2 is 1.79 bits per heavy atom. The summed E-state index contributed by atoms with van der Waals surface area (Å²) in [6.07, 6.45) is 5.11. The van der Waals surface area contributed by atoms with E-state index in [1.165, 1.54) is 0 Å². The lowest BCUT2D eigenvalue weighted by atomic mass is 10.1. The minimum absolute atomic E-state index is 0.0982. The minimum Gasteiger partial charge on any atom is -0.324 e. The van der Waals surface area contributed by atoms with Gasteiger partial charge in [-0.25, -0.2) is 18.4 Å². The Balaban J connectivity index is 1.54. The molecule has 0 radical (unpaired) electrons. The number of hydrogen-bond acceptors (Lipinski definition) is 7. The monoisotopic (exact) mass is 473 g/mol. The maximum absolute atomic E-state index is 12.8. The van der Waals surface area contributed by atoms with Crippen molar-refractivity contribution in [3.05, 3.63) is 95.4 Å². The number of nitrogens with zero attached hydrogens (tertiary/aromatic N) is 3. The highest BCUT2D eigenvalue weighted by Crippen LogP contribution is 2.25. The second-order valence-electron chi connectivity index (χ2n) is 7.75. The average Bonchev–Trinajstić information content (AvgIpc) is 2.83. The Bertz CT molecular complexity index is 1410. The van der Waals surface area contributed by atoms with E-state index in [4.69, 9.17) is 0 Å². The number of carbonyl (C=O) groups is 1. The van der Waals surface area contributed by atoms with E-state index in [2.05, 4.69) is 25.6 Å². The fraction of sp³-hybridized carbons (Fsp3) is 0.120. The van der Waals surface area contributed by atoms with Crippen LogP contribution in [0.2, 0.25) is 0 Å². The molecule has 2 heterocycles. The quantitative estimate of drug-likeness (QED) is 0.344. The Morgan fingerprint density at radius 1 is 0.971 bits per heavy atom. The molecule has 0 aliphatic carbocycles. The van der Waals surface area contributed by atoms with Gasteiger partial charge in [-0.1, -0.05) is 12.1 Å². The highest BCUT2D eigenvalue weighted by atomic mass is 32.2. The highest BCUT2D eigenvalue weighted by Gasteiger charge is 2.11. The Labute approximate surface area is 199 Å². The van der Waals surface area contributed by atoms with Gasteiger partial charge in [0.25, 0.3) is 5.91 Å². The second-order valence-corrected chi connectivity index (χ2v) is 8.73. The number of rotatable bonds is 7. The first-order valence-electron chi connectivity index (χ1n) is 10.5. The number of hydrogen-bond donors (Lipinski definition) is 3. The number of pyridine rings is 1. The van der Waals surface area contributed by atoms with Crippen molar-refractivity contribution in [1.29, 1.82) is 0 Å². The first-order valence-corrected chi connectivity index (χ1v) is 11.9. The molecule has 2 N–H and O–H groups in total. The predicted octanol–water partition coefficient (Wildman–Crippen LogP) is 4.26. The molecule has 9 heteroatoms. The molecule has 0 aliphatic heterocycles. The number of aryl methyl sites for hydroxylation is 2. The van der Waals surface area contributed by atoms with Crippen LogP contribution in [0.15, 0.2) is 73.2 Å². The van der Waals surface area contributed by atoms with Gasteiger partial charge in [-0.05, 0) is 73.0 Å². The van der Waals surface area contributed by atoms with Gasteiger partial charge in [-0.3, -0.25) is 9.78 Å². The van der Waals surface area contributed by atoms with Crippen molar-refractivity contribution in [2.45, 2.75) is 19.6 Å². The molecule has 172 valence electrons. The SMILES string of the molecule is Cc1ccc(C(=O)Nc2ccc(C)c(Nc3nccc(-c4cccnc4)n3)c2)cc1C[SH](=O)=O. The lowest BCUT2D eigenvalue weighted by Crippen LogP contribution is -2.13. The molecule has 0 fully saturated rings. The fourth-order valence-electron chi connectivity index (χ4n) is 3.37. The summed E-state index contributed by atoms with van der Waals surface area (Å²) in [6.45, 7) is 3.76. The smallest absolute Gasteiger partial charge is 0.255 e. The molecule has 0 bridgehead atoms. The Hall–Kier alpha value is -4.11. The van der Waals surface area contributed by atoms with Crippen LogP contribution in [0, 0.1) is 13.8 Å². The third kappa shape index (κ3) is 5.62. The van der Waals surface area contributed by atoms with E-state index in [0.29, 0.717) is 22.8 Å². The van der Waals surface area contributed by atoms with Crippen LogP contribution < -0.4 is 10.6 Å². The van der Waals surface area contributed by atoms with E-state index in [1.807, 2.05) is 38.1 Å². The van der Waals surface area contributed by atoms with Crippen molar-refractivity contribution in [1.82, 2.24) is 15.0 Å². The van der Waals surface area contributed by atoms with Gasteiger partial charge in [0.1, 0.15) is 10.7 Å². The van der Waals surface area contributed by atoms with Crippen LogP contribution >= 0.6 is 0 Å². The number of thiol groups is 1. The van der Waals surface area contributed by atoms with Crippen LogP contribution in [0.1, 0.15) is 27.0 Å². The molecule has 0 aliphatic rings. The van der Waals surface area contributed by atoms with E-state index >= 15 is 0 Å². The maximum atomic E-state index is 12.8. The second kappa shape index (κ2) is 10.2. The molecule has 2 aromatic carbocycles. The van der Waals surface area contributed by atoms with Gasteiger partial charge >= 0.3 is 0 Å². The van der Waals surface area contributed by atoms with E-state index in [0.717, 1.165) is 28.1 Å². The lowest BCUT2D eigenvalue weighted by Gasteiger charge is -2.13. The van der Waals surface area contributed by atoms with E-state index < -0.39 is 10.7 Å². The number of benzene rings is 2. The van der Waals surface area contributed by atoms with Crippen molar-refractivity contribution in [2.75, 3.05) is 10.6 Å². The zero-order valence-corrected chi connectivity index (χ0v) is 19.5. The zero-order chi connectivity index (χ0) is 24.1. The van der Waals surface area contributed by atoms with Crippen LogP contribution in [-0.4, -0.2) is 29.3 Å². The number of anilines is 3. The van der Waals surface area contributed by atoms with E-state index in [1.54, 1.807) is 48.9 Å². The molecule has 8 nitrogen and oxygen atoms in total. The topological polar surface area (TPSA) is 114 Å². The van der Waals surface area contributed by atoms with Crippen LogP contribution in [0.5, 0.6) is 0 Å². The van der Waals surface area contributed by atoms with Crippen molar-refractivity contribution < 1.29 is 13.2 Å². The number of nitrogens with one attached hydrogen (secondary N) is 2. The first-order chi connectivity index (χ1) is 16.4. The third-order valence-electron chi connectivity index (χ3n) is 5.27. The number of amides is 1. The van der Waals surface area contributed by atoms with Crippen LogP contribution in [0.25, 0.3) is 11.3 Å². The maximum Gasteiger partial charge on any atom is 0.255 e. The zero-order valence-electron chi connectivity index (χ0n) is 18.6. The molecule has 0 saturated carbocycles. The summed E-state index contributed by atoms with van der Waals surface area (Å²) in [6, 6.07) is 16.1. The van der Waals surface area contributed by atoms with Gasteiger partial charge < -0.3 is 10.6 Å². The summed E-state index contributed by atoms with van der Waals surface area (Å²) in [5, 5.41) is 6.08. The van der Waals surface area contributed by atoms with Gasteiger partial charge in [0.15, 0.2) is 0 Å². The fourth-order valence-corrected chi connectivity index (χ4v) is 3.99. The standard InChI is InChI=1S/C25H23N5O3S/c1-16-5-7-18(12-20(16)15-34(32)33)24(31)28-21-8-6-17(2)23(13-21)30-25-27-11-9-22(29-25)19-4-3-10-26-14-19/h3-14,34H,15H2,1-2H3,(H,28,31)(H,27,29,30). The highest BCUT2D eigenvalue weighted by molar-refractivity contribution is 7.71. The Morgan fingerprint density at radius 3 is 2.56 bits per heavy atom. The summed E-state index contributed by atoms with van der Waals surface area (Å²) in [4.78, 5) is 25.8. The van der Waals surface area contributed by atoms with Gasteiger partial charge in [0, 0.05) is 41.1 Å². The average molecular weight is 474 g/mol. The predicted molar refractivity (Wildman–Crippen MR) is 133 cm³/mol.